The van der Waals surface area contributed by atoms with Gasteiger partial charge in [-0.3, -0.25) is 9.69 Å². The maximum Gasteiger partial charge on any atom is 0.252 e. The van der Waals surface area contributed by atoms with E-state index < -0.39 is 0 Å². The van der Waals surface area contributed by atoms with Gasteiger partial charge in [0.15, 0.2) is 0 Å². The lowest BCUT2D eigenvalue weighted by Crippen LogP contribution is -2.47. The van der Waals surface area contributed by atoms with Gasteiger partial charge in [0.25, 0.3) is 5.91 Å². The molecular weight excluding hydrogens is 358 g/mol. The van der Waals surface area contributed by atoms with Gasteiger partial charge in [-0.2, -0.15) is 0 Å². The zero-order valence-electron chi connectivity index (χ0n) is 16.6. The average Bonchev–Trinajstić information content (AvgIpc) is 3.20. The van der Waals surface area contributed by atoms with E-state index in [0.717, 1.165) is 55.9 Å². The van der Waals surface area contributed by atoms with Gasteiger partial charge in [0, 0.05) is 41.0 Å². The molecule has 1 saturated carbocycles. The molecule has 5 nitrogen and oxygen atoms in total. The summed E-state index contributed by atoms with van der Waals surface area (Å²) in [6.45, 7) is 8.90. The van der Waals surface area contributed by atoms with Crippen LogP contribution in [-0.4, -0.2) is 28.0 Å². The molecule has 6 heteroatoms. The maximum atomic E-state index is 12.9. The minimum atomic E-state index is -0.0335. The van der Waals surface area contributed by atoms with Crippen molar-refractivity contribution in [3.05, 3.63) is 38.4 Å². The molecule has 0 unspecified atom stereocenters. The van der Waals surface area contributed by atoms with E-state index >= 15 is 0 Å². The highest BCUT2D eigenvalue weighted by Gasteiger charge is 2.31. The van der Waals surface area contributed by atoms with Gasteiger partial charge in [-0.05, 0) is 45.6 Å². The lowest BCUT2D eigenvalue weighted by atomic mass is 9.83. The fraction of sp³-hybridized carbons (Fsp3) is 0.619. The van der Waals surface area contributed by atoms with Crippen LogP contribution in [0.3, 0.4) is 0 Å². The number of nitrogens with one attached hydrogen (secondary N) is 1. The van der Waals surface area contributed by atoms with Gasteiger partial charge in [0.1, 0.15) is 5.76 Å². The summed E-state index contributed by atoms with van der Waals surface area (Å²) in [6.07, 6.45) is 6.85. The number of aryl methyl sites for hydroxylation is 2. The summed E-state index contributed by atoms with van der Waals surface area (Å²) >= 11 is 1.72. The lowest BCUT2D eigenvalue weighted by molar-refractivity contribution is 0.0881. The van der Waals surface area contributed by atoms with Crippen LogP contribution >= 0.6 is 11.3 Å². The number of fused-ring (bicyclic) bond motifs is 1. The van der Waals surface area contributed by atoms with E-state index in [-0.39, 0.29) is 11.4 Å². The van der Waals surface area contributed by atoms with Crippen molar-refractivity contribution in [1.29, 1.82) is 0 Å². The predicted molar refractivity (Wildman–Crippen MR) is 107 cm³/mol. The Balaban J connectivity index is 1.44. The molecule has 146 valence electrons. The van der Waals surface area contributed by atoms with Crippen molar-refractivity contribution in [2.75, 3.05) is 6.54 Å². The molecule has 4 rings (SSSR count). The van der Waals surface area contributed by atoms with Gasteiger partial charge in [0.2, 0.25) is 0 Å². The van der Waals surface area contributed by atoms with E-state index in [4.69, 9.17) is 4.52 Å². The van der Waals surface area contributed by atoms with Crippen LogP contribution in [0.25, 0.3) is 0 Å². The fourth-order valence-electron chi connectivity index (χ4n) is 4.46. The minimum absolute atomic E-state index is 0.0335. The van der Waals surface area contributed by atoms with E-state index in [1.165, 1.54) is 35.3 Å². The molecule has 0 aromatic carbocycles. The zero-order valence-corrected chi connectivity index (χ0v) is 17.4. The van der Waals surface area contributed by atoms with Gasteiger partial charge in [0.05, 0.1) is 11.3 Å². The van der Waals surface area contributed by atoms with Crippen molar-refractivity contribution in [3.63, 3.8) is 0 Å². The average molecular weight is 388 g/mol. The number of rotatable bonds is 4. The van der Waals surface area contributed by atoms with Crippen molar-refractivity contribution in [2.45, 2.75) is 77.9 Å². The zero-order chi connectivity index (χ0) is 19.0. The van der Waals surface area contributed by atoms with Crippen LogP contribution < -0.4 is 5.32 Å². The third-order valence-corrected chi connectivity index (χ3v) is 7.22. The Hall–Kier alpha value is -1.66. The summed E-state index contributed by atoms with van der Waals surface area (Å²) in [4.78, 5) is 16.7. The number of hydrogen-bond acceptors (Lipinski definition) is 5. The third-order valence-electron chi connectivity index (χ3n) is 6.21. The smallest absolute Gasteiger partial charge is 0.252 e. The highest BCUT2D eigenvalue weighted by molar-refractivity contribution is 7.10. The molecule has 1 fully saturated rings. The van der Waals surface area contributed by atoms with E-state index in [9.17, 15) is 4.79 Å². The first kappa shape index (κ1) is 18.7. The molecule has 3 heterocycles. The summed E-state index contributed by atoms with van der Waals surface area (Å²) in [5, 5.41) is 9.47. The normalized spacial score (nSPS) is 19.7. The number of thiophene rings is 1. The number of nitrogens with zero attached hydrogens (tertiary/aromatic N) is 2. The largest absolute Gasteiger partial charge is 0.361 e. The number of carbonyl (C=O) groups is 1. The van der Waals surface area contributed by atoms with Crippen LogP contribution in [0.5, 0.6) is 0 Å². The fourth-order valence-corrected chi connectivity index (χ4v) is 5.58. The second kappa shape index (κ2) is 7.40. The van der Waals surface area contributed by atoms with Crippen molar-refractivity contribution in [1.82, 2.24) is 15.4 Å². The minimum Gasteiger partial charge on any atom is -0.361 e. The summed E-state index contributed by atoms with van der Waals surface area (Å²) in [5.41, 5.74) is 4.29. The topological polar surface area (TPSA) is 58.4 Å². The molecule has 1 N–H and O–H groups in total. The first-order valence-electron chi connectivity index (χ1n) is 10.0. The molecule has 2 aliphatic rings. The van der Waals surface area contributed by atoms with Crippen LogP contribution in [0.4, 0.5) is 0 Å². The Morgan fingerprint density at radius 1 is 1.33 bits per heavy atom. The molecule has 1 aliphatic heterocycles. The monoisotopic (exact) mass is 387 g/mol. The maximum absolute atomic E-state index is 12.9. The molecule has 27 heavy (non-hydrogen) atoms. The Bertz CT molecular complexity index is 813. The highest BCUT2D eigenvalue weighted by Crippen LogP contribution is 2.32. The molecule has 0 spiro atoms. The van der Waals surface area contributed by atoms with E-state index in [1.54, 1.807) is 11.3 Å². The molecule has 0 saturated heterocycles. The van der Waals surface area contributed by atoms with E-state index in [2.05, 4.69) is 27.7 Å². The SMILES string of the molecule is Cc1noc(C)c1CN1CCc2c(C(=O)NC3(C)CCCCC3)csc2C1. The first-order valence-corrected chi connectivity index (χ1v) is 10.9. The summed E-state index contributed by atoms with van der Waals surface area (Å²) in [5.74, 6) is 1.03. The summed E-state index contributed by atoms with van der Waals surface area (Å²) in [7, 11) is 0. The Morgan fingerprint density at radius 2 is 2.11 bits per heavy atom. The number of hydrogen-bond donors (Lipinski definition) is 1. The van der Waals surface area contributed by atoms with Crippen LogP contribution in [0, 0.1) is 13.8 Å². The quantitative estimate of drug-likeness (QED) is 0.847. The van der Waals surface area contributed by atoms with Gasteiger partial charge in [-0.25, -0.2) is 0 Å². The van der Waals surface area contributed by atoms with Crippen LogP contribution in [0.1, 0.15) is 76.8 Å². The van der Waals surface area contributed by atoms with Gasteiger partial charge >= 0.3 is 0 Å². The van der Waals surface area contributed by atoms with Crippen LogP contribution in [0.2, 0.25) is 0 Å². The summed E-state index contributed by atoms with van der Waals surface area (Å²) in [6, 6.07) is 0. The van der Waals surface area contributed by atoms with Crippen molar-refractivity contribution in [2.24, 2.45) is 0 Å². The van der Waals surface area contributed by atoms with Crippen molar-refractivity contribution >= 4 is 17.2 Å². The molecule has 1 aliphatic carbocycles. The second-order valence-corrected chi connectivity index (χ2v) is 9.35. The van der Waals surface area contributed by atoms with Gasteiger partial charge < -0.3 is 9.84 Å². The number of amides is 1. The molecule has 1 amide bonds. The van der Waals surface area contributed by atoms with Gasteiger partial charge in [-0.15, -0.1) is 11.3 Å². The molecule has 0 bridgehead atoms. The van der Waals surface area contributed by atoms with Crippen molar-refractivity contribution in [3.8, 4) is 0 Å². The Kier molecular flexibility index (Phi) is 5.12. The lowest BCUT2D eigenvalue weighted by Gasteiger charge is -2.34. The first-order chi connectivity index (χ1) is 13.0. The Morgan fingerprint density at radius 3 is 2.81 bits per heavy atom. The van der Waals surface area contributed by atoms with Gasteiger partial charge in [-0.1, -0.05) is 24.4 Å². The van der Waals surface area contributed by atoms with E-state index in [1.807, 2.05) is 13.8 Å². The standard InChI is InChI=1S/C21H29N3O2S/c1-14-17(15(2)26-23-14)11-24-10-7-16-18(13-27-19(16)12-24)20(25)22-21(3)8-5-4-6-9-21/h13H,4-12H2,1-3H3,(H,22,25). The predicted octanol–water partition coefficient (Wildman–Crippen LogP) is 4.36. The molecule has 0 radical (unpaired) electrons. The van der Waals surface area contributed by atoms with E-state index in [0.29, 0.717) is 0 Å². The molecule has 0 atom stereocenters. The van der Waals surface area contributed by atoms with Crippen LogP contribution in [0.15, 0.2) is 9.90 Å². The number of carbonyl (C=O) groups excluding carboxylic acids is 1. The molecule has 2 aromatic rings. The number of aromatic nitrogens is 1. The second-order valence-electron chi connectivity index (χ2n) is 8.39. The van der Waals surface area contributed by atoms with Crippen molar-refractivity contribution < 1.29 is 9.32 Å². The Labute approximate surface area is 165 Å². The highest BCUT2D eigenvalue weighted by atomic mass is 32.1. The van der Waals surface area contributed by atoms with Crippen LogP contribution in [-0.2, 0) is 19.5 Å². The molecule has 2 aromatic heterocycles. The third kappa shape index (κ3) is 3.83. The molecular formula is C21H29N3O2S. The summed E-state index contributed by atoms with van der Waals surface area (Å²) < 4.78 is 5.30.